The molecule has 0 amide bonds. The standard InChI is InChI=1S/C11H20O/c1-10-5-8-11(9-12-10)6-3-2-4-7-11/h10H,2-9H2,1H3. The molecule has 1 spiro atoms. The Kier molecular flexibility index (Phi) is 2.40. The average molecular weight is 168 g/mol. The quantitative estimate of drug-likeness (QED) is 0.540. The van der Waals surface area contributed by atoms with Crippen molar-refractivity contribution in [2.24, 2.45) is 5.41 Å². The molecule has 0 aromatic carbocycles. The summed E-state index contributed by atoms with van der Waals surface area (Å²) < 4.78 is 5.77. The van der Waals surface area contributed by atoms with Crippen molar-refractivity contribution < 1.29 is 4.74 Å². The van der Waals surface area contributed by atoms with Crippen molar-refractivity contribution in [3.63, 3.8) is 0 Å². The second-order valence-corrected chi connectivity index (χ2v) is 4.72. The van der Waals surface area contributed by atoms with E-state index in [0.29, 0.717) is 11.5 Å². The fraction of sp³-hybridized carbons (Fsp3) is 1.00. The fourth-order valence-corrected chi connectivity index (χ4v) is 2.68. The first-order valence-corrected chi connectivity index (χ1v) is 5.42. The molecule has 0 N–H and O–H groups in total. The van der Waals surface area contributed by atoms with Crippen LogP contribution in [0.3, 0.4) is 0 Å². The van der Waals surface area contributed by atoms with E-state index >= 15 is 0 Å². The lowest BCUT2D eigenvalue weighted by Gasteiger charge is -2.42. The lowest BCUT2D eigenvalue weighted by molar-refractivity contribution is -0.0693. The summed E-state index contributed by atoms with van der Waals surface area (Å²) in [5, 5.41) is 0. The number of hydrogen-bond donors (Lipinski definition) is 0. The molecule has 0 aromatic rings. The van der Waals surface area contributed by atoms with E-state index in [-0.39, 0.29) is 0 Å². The Morgan fingerprint density at radius 3 is 2.42 bits per heavy atom. The molecule has 1 atom stereocenters. The summed E-state index contributed by atoms with van der Waals surface area (Å²) >= 11 is 0. The van der Waals surface area contributed by atoms with Gasteiger partial charge in [0.15, 0.2) is 0 Å². The van der Waals surface area contributed by atoms with Gasteiger partial charge in [0, 0.05) is 0 Å². The molecule has 0 aromatic heterocycles. The van der Waals surface area contributed by atoms with Crippen molar-refractivity contribution in [3.05, 3.63) is 0 Å². The van der Waals surface area contributed by atoms with Gasteiger partial charge < -0.3 is 4.74 Å². The Bertz CT molecular complexity index is 137. The summed E-state index contributed by atoms with van der Waals surface area (Å²) in [7, 11) is 0. The number of rotatable bonds is 0. The molecule has 2 rings (SSSR count). The fourth-order valence-electron chi connectivity index (χ4n) is 2.68. The van der Waals surface area contributed by atoms with E-state index in [9.17, 15) is 0 Å². The van der Waals surface area contributed by atoms with Crippen molar-refractivity contribution in [2.45, 2.75) is 58.0 Å². The van der Waals surface area contributed by atoms with E-state index in [2.05, 4.69) is 6.92 Å². The van der Waals surface area contributed by atoms with Crippen LogP contribution in [0.5, 0.6) is 0 Å². The second-order valence-electron chi connectivity index (χ2n) is 4.72. The van der Waals surface area contributed by atoms with Gasteiger partial charge in [-0.3, -0.25) is 0 Å². The highest BCUT2D eigenvalue weighted by molar-refractivity contribution is 4.86. The third-order valence-electron chi connectivity index (χ3n) is 3.67. The maximum Gasteiger partial charge on any atom is 0.0547 e. The van der Waals surface area contributed by atoms with E-state index in [0.717, 1.165) is 6.61 Å². The van der Waals surface area contributed by atoms with Crippen molar-refractivity contribution in [1.82, 2.24) is 0 Å². The summed E-state index contributed by atoms with van der Waals surface area (Å²) in [4.78, 5) is 0. The monoisotopic (exact) mass is 168 g/mol. The van der Waals surface area contributed by atoms with Crippen LogP contribution >= 0.6 is 0 Å². The van der Waals surface area contributed by atoms with E-state index in [1.165, 1.54) is 44.9 Å². The van der Waals surface area contributed by atoms with Crippen molar-refractivity contribution in [2.75, 3.05) is 6.61 Å². The van der Waals surface area contributed by atoms with E-state index in [1.807, 2.05) is 0 Å². The van der Waals surface area contributed by atoms with Crippen LogP contribution in [0.4, 0.5) is 0 Å². The van der Waals surface area contributed by atoms with E-state index < -0.39 is 0 Å². The predicted octanol–water partition coefficient (Wildman–Crippen LogP) is 3.14. The Labute approximate surface area is 75.5 Å². The third kappa shape index (κ3) is 1.66. The predicted molar refractivity (Wildman–Crippen MR) is 50.2 cm³/mol. The van der Waals surface area contributed by atoms with Gasteiger partial charge in [0.25, 0.3) is 0 Å². The molecule has 1 saturated heterocycles. The minimum Gasteiger partial charge on any atom is -0.378 e. The first kappa shape index (κ1) is 8.55. The van der Waals surface area contributed by atoms with Gasteiger partial charge in [0.2, 0.25) is 0 Å². The minimum absolute atomic E-state index is 0.526. The van der Waals surface area contributed by atoms with Gasteiger partial charge >= 0.3 is 0 Å². The topological polar surface area (TPSA) is 9.23 Å². The third-order valence-corrected chi connectivity index (χ3v) is 3.67. The first-order chi connectivity index (χ1) is 5.81. The molecule has 1 saturated carbocycles. The summed E-state index contributed by atoms with van der Waals surface area (Å²) in [6, 6.07) is 0. The van der Waals surface area contributed by atoms with Crippen LogP contribution in [-0.4, -0.2) is 12.7 Å². The number of ether oxygens (including phenoxy) is 1. The van der Waals surface area contributed by atoms with Gasteiger partial charge in [-0.05, 0) is 38.0 Å². The summed E-state index contributed by atoms with van der Waals surface area (Å²) in [5.41, 5.74) is 0.616. The molecule has 12 heavy (non-hydrogen) atoms. The maximum atomic E-state index is 5.77. The zero-order valence-electron chi connectivity index (χ0n) is 8.14. The largest absolute Gasteiger partial charge is 0.378 e. The molecule has 1 unspecified atom stereocenters. The molecule has 1 aliphatic heterocycles. The van der Waals surface area contributed by atoms with Crippen LogP contribution in [0.2, 0.25) is 0 Å². The Morgan fingerprint density at radius 2 is 1.83 bits per heavy atom. The molecule has 2 fully saturated rings. The molecule has 70 valence electrons. The van der Waals surface area contributed by atoms with Crippen LogP contribution in [0.1, 0.15) is 51.9 Å². The first-order valence-electron chi connectivity index (χ1n) is 5.42. The van der Waals surface area contributed by atoms with Gasteiger partial charge in [-0.15, -0.1) is 0 Å². The average Bonchev–Trinajstić information content (AvgIpc) is 2.13. The Hall–Kier alpha value is -0.0400. The molecule has 1 heterocycles. The zero-order chi connectivity index (χ0) is 8.44. The number of hydrogen-bond acceptors (Lipinski definition) is 1. The van der Waals surface area contributed by atoms with Crippen molar-refractivity contribution in [1.29, 1.82) is 0 Å². The van der Waals surface area contributed by atoms with Crippen LogP contribution < -0.4 is 0 Å². The highest BCUT2D eigenvalue weighted by Gasteiger charge is 2.35. The molecule has 1 nitrogen and oxygen atoms in total. The van der Waals surface area contributed by atoms with Gasteiger partial charge in [0.05, 0.1) is 12.7 Å². The van der Waals surface area contributed by atoms with Gasteiger partial charge in [-0.25, -0.2) is 0 Å². The molecular weight excluding hydrogens is 148 g/mol. The van der Waals surface area contributed by atoms with E-state index in [1.54, 1.807) is 0 Å². The van der Waals surface area contributed by atoms with Crippen LogP contribution in [0, 0.1) is 5.41 Å². The van der Waals surface area contributed by atoms with Crippen molar-refractivity contribution in [3.8, 4) is 0 Å². The highest BCUT2D eigenvalue weighted by atomic mass is 16.5. The normalized spacial score (nSPS) is 35.2. The smallest absolute Gasteiger partial charge is 0.0547 e. The van der Waals surface area contributed by atoms with Crippen molar-refractivity contribution >= 4 is 0 Å². The second kappa shape index (κ2) is 3.37. The summed E-state index contributed by atoms with van der Waals surface area (Å²) in [5.74, 6) is 0. The lowest BCUT2D eigenvalue weighted by atomic mass is 9.70. The van der Waals surface area contributed by atoms with Gasteiger partial charge in [-0.2, -0.15) is 0 Å². The van der Waals surface area contributed by atoms with Crippen LogP contribution in [-0.2, 0) is 4.74 Å². The molecule has 0 radical (unpaired) electrons. The van der Waals surface area contributed by atoms with Gasteiger partial charge in [0.1, 0.15) is 0 Å². The lowest BCUT2D eigenvalue weighted by Crippen LogP contribution is -2.36. The SMILES string of the molecule is CC1CCC2(CCCCC2)CO1. The Morgan fingerprint density at radius 1 is 1.08 bits per heavy atom. The van der Waals surface area contributed by atoms with Crippen LogP contribution in [0.15, 0.2) is 0 Å². The summed E-state index contributed by atoms with van der Waals surface area (Å²) in [6.07, 6.45) is 10.4. The molecule has 2 aliphatic rings. The zero-order valence-corrected chi connectivity index (χ0v) is 8.14. The molecule has 1 heteroatoms. The minimum atomic E-state index is 0.526. The summed E-state index contributed by atoms with van der Waals surface area (Å²) in [6.45, 7) is 3.25. The van der Waals surface area contributed by atoms with Crippen LogP contribution in [0.25, 0.3) is 0 Å². The maximum absolute atomic E-state index is 5.77. The van der Waals surface area contributed by atoms with Gasteiger partial charge in [-0.1, -0.05) is 19.3 Å². The van der Waals surface area contributed by atoms with E-state index in [4.69, 9.17) is 4.74 Å². The Balaban J connectivity index is 1.92. The molecule has 0 bridgehead atoms. The molecule has 1 aliphatic carbocycles. The highest BCUT2D eigenvalue weighted by Crippen LogP contribution is 2.43. The molecular formula is C11H20O.